The summed E-state index contributed by atoms with van der Waals surface area (Å²) >= 11 is 0. The molecule has 0 aliphatic carbocycles. The molecule has 0 spiro atoms. The van der Waals surface area contributed by atoms with Gasteiger partial charge in [0, 0.05) is 28.0 Å². The molecule has 0 aliphatic rings. The number of primary amides is 1. The molecule has 2 heterocycles. The number of carbonyl (C=O) groups excluding carboxylic acids is 1. The Morgan fingerprint density at radius 1 is 1.27 bits per heavy atom. The second kappa shape index (κ2) is 6.11. The van der Waals surface area contributed by atoms with E-state index in [0.717, 1.165) is 21.8 Å². The Morgan fingerprint density at radius 3 is 2.85 bits per heavy atom. The molecule has 0 saturated heterocycles. The maximum absolute atomic E-state index is 15.1. The minimum absolute atomic E-state index is 0.0330. The summed E-state index contributed by atoms with van der Waals surface area (Å²) < 4.78 is 15.1. The van der Waals surface area contributed by atoms with Gasteiger partial charge in [0.15, 0.2) is 0 Å². The number of fused-ring (bicyclic) bond motifs is 3. The van der Waals surface area contributed by atoms with Gasteiger partial charge in [-0.25, -0.2) is 4.39 Å². The van der Waals surface area contributed by atoms with Crippen LogP contribution in [0, 0.1) is 5.82 Å². The number of hydrogen-bond donors (Lipinski definition) is 2. The van der Waals surface area contributed by atoms with Crippen molar-refractivity contribution in [2.75, 3.05) is 0 Å². The molecule has 0 radical (unpaired) electrons. The maximum atomic E-state index is 15.1. The van der Waals surface area contributed by atoms with Crippen LogP contribution in [0.3, 0.4) is 0 Å². The van der Waals surface area contributed by atoms with Crippen LogP contribution in [0.5, 0.6) is 0 Å². The van der Waals surface area contributed by atoms with Crippen LogP contribution in [-0.4, -0.2) is 15.9 Å². The molecule has 4 rings (SSSR count). The van der Waals surface area contributed by atoms with Gasteiger partial charge in [0.25, 0.3) is 0 Å². The molecule has 2 aromatic heterocycles. The summed E-state index contributed by atoms with van der Waals surface area (Å²) in [5, 5.41) is 1.62. The smallest absolute Gasteiger partial charge is 0.221 e. The largest absolute Gasteiger partial charge is 0.369 e. The van der Waals surface area contributed by atoms with Gasteiger partial charge in [-0.2, -0.15) is 0 Å². The molecule has 5 heteroatoms. The third kappa shape index (κ3) is 2.54. The van der Waals surface area contributed by atoms with E-state index in [-0.39, 0.29) is 6.42 Å². The van der Waals surface area contributed by atoms with E-state index in [2.05, 4.69) is 16.5 Å². The number of nitrogens with two attached hydrogens (primary N) is 1. The normalized spacial score (nSPS) is 11.1. The number of nitrogens with one attached hydrogen (secondary N) is 1. The Balaban J connectivity index is 2.14. The number of aromatic nitrogens is 2. The fraction of sp³-hybridized carbons (Fsp3) is 0.0476. The van der Waals surface area contributed by atoms with E-state index >= 15 is 4.39 Å². The standard InChI is InChI=1S/C21H16FN3O/c1-2-14-9-12(7-8-24-14)19-16(22)10-13(11-18(23)26)21-20(19)15-5-3-4-6-17(15)25-21/h2-10,25H,1,11H2,(H2,23,26). The molecule has 0 saturated carbocycles. The van der Waals surface area contributed by atoms with Crippen molar-refractivity contribution < 1.29 is 9.18 Å². The lowest BCUT2D eigenvalue weighted by atomic mass is 9.95. The van der Waals surface area contributed by atoms with Crippen molar-refractivity contribution in [1.29, 1.82) is 0 Å². The first-order valence-electron chi connectivity index (χ1n) is 8.17. The van der Waals surface area contributed by atoms with Crippen LogP contribution in [0.25, 0.3) is 39.0 Å². The fourth-order valence-corrected chi connectivity index (χ4v) is 3.38. The van der Waals surface area contributed by atoms with Crippen LogP contribution in [0.1, 0.15) is 11.3 Å². The maximum Gasteiger partial charge on any atom is 0.221 e. The fourth-order valence-electron chi connectivity index (χ4n) is 3.38. The third-order valence-electron chi connectivity index (χ3n) is 4.46. The first-order valence-corrected chi connectivity index (χ1v) is 8.17. The van der Waals surface area contributed by atoms with E-state index in [0.29, 0.717) is 22.4 Å². The Hall–Kier alpha value is -3.47. The first kappa shape index (κ1) is 16.0. The summed E-state index contributed by atoms with van der Waals surface area (Å²) in [7, 11) is 0. The quantitative estimate of drug-likeness (QED) is 0.582. The van der Waals surface area contributed by atoms with E-state index in [1.165, 1.54) is 6.07 Å². The molecule has 0 bridgehead atoms. The lowest BCUT2D eigenvalue weighted by Gasteiger charge is -2.10. The number of H-pyrrole nitrogens is 1. The zero-order valence-corrected chi connectivity index (χ0v) is 13.9. The van der Waals surface area contributed by atoms with Gasteiger partial charge in [0.1, 0.15) is 5.82 Å². The number of aromatic amines is 1. The molecule has 4 nitrogen and oxygen atoms in total. The zero-order valence-electron chi connectivity index (χ0n) is 13.9. The predicted molar refractivity (Wildman–Crippen MR) is 102 cm³/mol. The molecular weight excluding hydrogens is 329 g/mol. The van der Waals surface area contributed by atoms with Crippen LogP contribution in [0.2, 0.25) is 0 Å². The highest BCUT2D eigenvalue weighted by atomic mass is 19.1. The second-order valence-electron chi connectivity index (χ2n) is 6.13. The number of pyridine rings is 1. The zero-order chi connectivity index (χ0) is 18.3. The van der Waals surface area contributed by atoms with Gasteiger partial charge in [0.05, 0.1) is 17.6 Å². The van der Waals surface area contributed by atoms with Crippen molar-refractivity contribution in [1.82, 2.24) is 9.97 Å². The first-order chi connectivity index (χ1) is 12.6. The van der Waals surface area contributed by atoms with Crippen molar-refractivity contribution in [2.24, 2.45) is 5.73 Å². The molecule has 4 aromatic rings. The topological polar surface area (TPSA) is 71.8 Å². The number of nitrogens with zero attached hydrogens (tertiary/aromatic N) is 1. The molecule has 0 atom stereocenters. The van der Waals surface area contributed by atoms with Gasteiger partial charge in [-0.15, -0.1) is 0 Å². The molecular formula is C21H16FN3O. The van der Waals surface area contributed by atoms with Gasteiger partial charge >= 0.3 is 0 Å². The van der Waals surface area contributed by atoms with Crippen LogP contribution in [0.4, 0.5) is 4.39 Å². The highest BCUT2D eigenvalue weighted by Gasteiger charge is 2.19. The van der Waals surface area contributed by atoms with E-state index < -0.39 is 11.7 Å². The van der Waals surface area contributed by atoms with Gasteiger partial charge in [-0.3, -0.25) is 9.78 Å². The summed E-state index contributed by atoms with van der Waals surface area (Å²) in [5.41, 5.74) is 9.32. The Labute approximate surface area is 149 Å². The van der Waals surface area contributed by atoms with E-state index in [4.69, 9.17) is 5.73 Å². The van der Waals surface area contributed by atoms with Gasteiger partial charge in [-0.1, -0.05) is 24.8 Å². The van der Waals surface area contributed by atoms with E-state index in [1.807, 2.05) is 24.3 Å². The summed E-state index contributed by atoms with van der Waals surface area (Å²) in [6.45, 7) is 3.72. The highest BCUT2D eigenvalue weighted by Crippen LogP contribution is 2.38. The van der Waals surface area contributed by atoms with Crippen molar-refractivity contribution in [3.63, 3.8) is 0 Å². The minimum Gasteiger partial charge on any atom is -0.369 e. The predicted octanol–water partition coefficient (Wildman–Crippen LogP) is 4.19. The van der Waals surface area contributed by atoms with E-state index in [9.17, 15) is 4.79 Å². The number of hydrogen-bond acceptors (Lipinski definition) is 2. The van der Waals surface area contributed by atoms with Crippen molar-refractivity contribution >= 4 is 33.8 Å². The van der Waals surface area contributed by atoms with Gasteiger partial charge in [-0.05, 0) is 41.5 Å². The molecule has 2 aromatic carbocycles. The summed E-state index contributed by atoms with van der Waals surface area (Å²) in [6.07, 6.45) is 3.22. The minimum atomic E-state index is -0.505. The van der Waals surface area contributed by atoms with Gasteiger partial charge < -0.3 is 10.7 Å². The van der Waals surface area contributed by atoms with Crippen molar-refractivity contribution in [3.05, 3.63) is 72.3 Å². The van der Waals surface area contributed by atoms with Gasteiger partial charge in [0.2, 0.25) is 5.91 Å². The second-order valence-corrected chi connectivity index (χ2v) is 6.13. The molecule has 26 heavy (non-hydrogen) atoms. The van der Waals surface area contributed by atoms with Crippen LogP contribution in [-0.2, 0) is 11.2 Å². The molecule has 128 valence electrons. The average Bonchev–Trinajstić information content (AvgIpc) is 3.01. The Morgan fingerprint density at radius 2 is 2.08 bits per heavy atom. The number of benzene rings is 2. The lowest BCUT2D eigenvalue weighted by molar-refractivity contribution is -0.117. The summed E-state index contributed by atoms with van der Waals surface area (Å²) in [4.78, 5) is 18.9. The number of amides is 1. The Kier molecular flexibility index (Phi) is 3.77. The van der Waals surface area contributed by atoms with Crippen LogP contribution in [0.15, 0.2) is 55.2 Å². The summed E-state index contributed by atoms with van der Waals surface area (Å²) in [5.74, 6) is -0.908. The summed E-state index contributed by atoms with van der Waals surface area (Å²) in [6, 6.07) is 12.6. The monoisotopic (exact) mass is 345 g/mol. The molecule has 0 unspecified atom stereocenters. The molecule has 0 aliphatic heterocycles. The molecule has 0 fully saturated rings. The lowest BCUT2D eigenvalue weighted by Crippen LogP contribution is -2.14. The number of carbonyl (C=O) groups is 1. The molecule has 1 amide bonds. The Bertz CT molecular complexity index is 1180. The average molecular weight is 345 g/mol. The third-order valence-corrected chi connectivity index (χ3v) is 4.46. The SMILES string of the molecule is C=Cc1cc(-c2c(F)cc(CC(N)=O)c3[nH]c4ccccc4c23)ccn1. The van der Waals surface area contributed by atoms with Crippen LogP contribution >= 0.6 is 0 Å². The van der Waals surface area contributed by atoms with Crippen molar-refractivity contribution in [3.8, 4) is 11.1 Å². The number of halogens is 1. The number of rotatable bonds is 4. The van der Waals surface area contributed by atoms with Crippen molar-refractivity contribution in [2.45, 2.75) is 6.42 Å². The number of para-hydroxylation sites is 1. The van der Waals surface area contributed by atoms with E-state index in [1.54, 1.807) is 24.4 Å². The van der Waals surface area contributed by atoms with Crippen LogP contribution < -0.4 is 5.73 Å². The highest BCUT2D eigenvalue weighted by molar-refractivity contribution is 6.15. The molecule has 3 N–H and O–H groups in total.